The van der Waals surface area contributed by atoms with Crippen LogP contribution in [0.15, 0.2) is 36.4 Å². The van der Waals surface area contributed by atoms with Crippen molar-refractivity contribution in [3.63, 3.8) is 0 Å². The summed E-state index contributed by atoms with van der Waals surface area (Å²) in [5, 5.41) is 20.0. The standard InChI is InChI=1S/C30H43N3O2.BrH/c1-8-11-20-17-33(28(32)22(20)14-19-12-9-10-13-25(19)31)18-26(34)21-15-23(29(2,3)4)27(35)24(16-21)30(5,6)7;/h9-10,12-13,15-16,20,22,32,35H,8,11,14,17-18,31H2,1-7H3;1H/t20-,22+;/m0./s1. The van der Waals surface area contributed by atoms with Crippen LogP contribution in [-0.2, 0) is 17.3 Å². The van der Waals surface area contributed by atoms with Gasteiger partial charge in [-0.25, -0.2) is 0 Å². The first-order valence-electron chi connectivity index (χ1n) is 12.8. The summed E-state index contributed by atoms with van der Waals surface area (Å²) >= 11 is 0. The number of hydrogen-bond donors (Lipinski definition) is 3. The van der Waals surface area contributed by atoms with E-state index in [0.717, 1.165) is 41.6 Å². The minimum atomic E-state index is -0.298. The van der Waals surface area contributed by atoms with Crippen molar-refractivity contribution in [2.24, 2.45) is 11.8 Å². The highest BCUT2D eigenvalue weighted by Gasteiger charge is 2.38. The second-order valence-electron chi connectivity index (χ2n) is 12.2. The highest BCUT2D eigenvalue weighted by molar-refractivity contribution is 8.93. The van der Waals surface area contributed by atoms with Crippen molar-refractivity contribution in [2.45, 2.75) is 78.6 Å². The van der Waals surface area contributed by atoms with Crippen LogP contribution in [0.1, 0.15) is 88.4 Å². The highest BCUT2D eigenvalue weighted by atomic mass is 79.9. The third-order valence-electron chi connectivity index (χ3n) is 7.25. The van der Waals surface area contributed by atoms with Gasteiger partial charge in [0.2, 0.25) is 0 Å². The highest BCUT2D eigenvalue weighted by Crippen LogP contribution is 2.40. The van der Waals surface area contributed by atoms with Gasteiger partial charge in [0.05, 0.1) is 6.54 Å². The zero-order chi connectivity index (χ0) is 26.1. The number of carbonyl (C=O) groups excluding carboxylic acids is 1. The zero-order valence-corrected chi connectivity index (χ0v) is 24.7. The fourth-order valence-electron chi connectivity index (χ4n) is 5.20. The van der Waals surface area contributed by atoms with Gasteiger partial charge in [-0.3, -0.25) is 10.2 Å². The normalized spacial score (nSPS) is 18.3. The van der Waals surface area contributed by atoms with Gasteiger partial charge in [-0.05, 0) is 53.4 Å². The summed E-state index contributed by atoms with van der Waals surface area (Å²) in [6, 6.07) is 11.6. The molecule has 1 aliphatic heterocycles. The maximum absolute atomic E-state index is 13.6. The van der Waals surface area contributed by atoms with Crippen LogP contribution >= 0.6 is 17.0 Å². The summed E-state index contributed by atoms with van der Waals surface area (Å²) in [5.41, 5.74) is 9.61. The van der Waals surface area contributed by atoms with Crippen LogP contribution in [0.25, 0.3) is 0 Å². The molecule has 6 heteroatoms. The number of aromatic hydroxyl groups is 1. The maximum Gasteiger partial charge on any atom is 0.182 e. The summed E-state index contributed by atoms with van der Waals surface area (Å²) in [6.45, 7) is 15.4. The van der Waals surface area contributed by atoms with E-state index in [1.807, 2.05) is 82.8 Å². The van der Waals surface area contributed by atoms with E-state index < -0.39 is 0 Å². The summed E-state index contributed by atoms with van der Waals surface area (Å²) in [5.74, 6) is 1.18. The van der Waals surface area contributed by atoms with Crippen LogP contribution in [0.4, 0.5) is 5.69 Å². The molecule has 1 aliphatic rings. The van der Waals surface area contributed by atoms with Gasteiger partial charge < -0.3 is 15.7 Å². The Morgan fingerprint density at radius 1 is 1.08 bits per heavy atom. The Morgan fingerprint density at radius 2 is 1.64 bits per heavy atom. The number of phenols is 1. The molecule has 2 aromatic rings. The van der Waals surface area contributed by atoms with Crippen molar-refractivity contribution < 1.29 is 9.90 Å². The predicted octanol–water partition coefficient (Wildman–Crippen LogP) is 6.90. The molecule has 0 aromatic heterocycles. The van der Waals surface area contributed by atoms with E-state index in [-0.39, 0.29) is 51.8 Å². The first-order chi connectivity index (χ1) is 16.2. The first-order valence-corrected chi connectivity index (χ1v) is 12.8. The van der Waals surface area contributed by atoms with Crippen LogP contribution in [0.2, 0.25) is 0 Å². The molecule has 2 atom stereocenters. The molecule has 0 amide bonds. The number of halogens is 1. The number of phenolic OH excluding ortho intramolecular Hbond substituents is 1. The number of likely N-dealkylation sites (tertiary alicyclic amines) is 1. The molecule has 4 N–H and O–H groups in total. The molecule has 5 nitrogen and oxygen atoms in total. The predicted molar refractivity (Wildman–Crippen MR) is 156 cm³/mol. The Labute approximate surface area is 227 Å². The number of rotatable bonds is 7. The third kappa shape index (κ3) is 6.50. The van der Waals surface area contributed by atoms with Gasteiger partial charge in [0, 0.05) is 34.8 Å². The number of anilines is 1. The van der Waals surface area contributed by atoms with Crippen LogP contribution in [-0.4, -0.2) is 34.7 Å². The maximum atomic E-state index is 13.6. The largest absolute Gasteiger partial charge is 0.507 e. The second-order valence-corrected chi connectivity index (χ2v) is 12.2. The van der Waals surface area contributed by atoms with Gasteiger partial charge in [-0.15, -0.1) is 17.0 Å². The van der Waals surface area contributed by atoms with Crippen molar-refractivity contribution in [1.29, 1.82) is 5.41 Å². The van der Waals surface area contributed by atoms with Gasteiger partial charge >= 0.3 is 0 Å². The average molecular weight is 559 g/mol. The zero-order valence-electron chi connectivity index (χ0n) is 22.9. The lowest BCUT2D eigenvalue weighted by molar-refractivity contribution is 0.0963. The minimum absolute atomic E-state index is 0. The third-order valence-corrected chi connectivity index (χ3v) is 7.25. The summed E-state index contributed by atoms with van der Waals surface area (Å²) in [4.78, 5) is 15.5. The number of carbonyl (C=O) groups is 1. The lowest BCUT2D eigenvalue weighted by atomic mass is 9.78. The molecular weight excluding hydrogens is 514 g/mol. The monoisotopic (exact) mass is 557 g/mol. The molecule has 0 bridgehead atoms. The van der Waals surface area contributed by atoms with Crippen LogP contribution in [0, 0.1) is 17.2 Å². The SMILES string of the molecule is Br.CCC[C@H]1CN(CC(=O)c2cc(C(C)(C)C)c(O)c(C(C)(C)C)c2)C(=N)[C@@H]1Cc1ccccc1N. The molecule has 198 valence electrons. The van der Waals surface area contributed by atoms with Gasteiger partial charge in [-0.1, -0.05) is 73.1 Å². The molecule has 3 rings (SSSR count). The van der Waals surface area contributed by atoms with Crippen molar-refractivity contribution in [1.82, 2.24) is 4.90 Å². The van der Waals surface area contributed by atoms with Crippen molar-refractivity contribution >= 4 is 34.3 Å². The molecule has 0 aliphatic carbocycles. The van der Waals surface area contributed by atoms with Crippen LogP contribution < -0.4 is 5.73 Å². The number of hydrogen-bond acceptors (Lipinski definition) is 4. The summed E-state index contributed by atoms with van der Waals surface area (Å²) in [7, 11) is 0. The van der Waals surface area contributed by atoms with Crippen LogP contribution in [0.5, 0.6) is 5.75 Å². The molecule has 2 aromatic carbocycles. The Bertz CT molecular complexity index is 1060. The number of para-hydroxylation sites is 1. The molecular formula is C30H44BrN3O2. The minimum Gasteiger partial charge on any atom is -0.507 e. The number of benzene rings is 2. The smallest absolute Gasteiger partial charge is 0.182 e. The van der Waals surface area contributed by atoms with Crippen LogP contribution in [0.3, 0.4) is 0 Å². The Hall–Kier alpha value is -2.34. The Balaban J connectivity index is 0.00000456. The molecule has 0 radical (unpaired) electrons. The van der Waals surface area contributed by atoms with E-state index in [1.54, 1.807) is 0 Å². The lowest BCUT2D eigenvalue weighted by Crippen LogP contribution is -2.33. The van der Waals surface area contributed by atoms with E-state index in [1.165, 1.54) is 0 Å². The van der Waals surface area contributed by atoms with E-state index in [4.69, 9.17) is 11.1 Å². The van der Waals surface area contributed by atoms with E-state index >= 15 is 0 Å². The van der Waals surface area contributed by atoms with E-state index in [2.05, 4.69) is 6.92 Å². The molecule has 0 saturated carbocycles. The van der Waals surface area contributed by atoms with Crippen molar-refractivity contribution in [3.05, 3.63) is 58.7 Å². The number of Topliss-reactive ketones (excluding diaryl/α,β-unsaturated/α-hetero) is 1. The van der Waals surface area contributed by atoms with Crippen molar-refractivity contribution in [2.75, 3.05) is 18.8 Å². The number of nitrogens with one attached hydrogen (secondary N) is 1. The molecule has 1 saturated heterocycles. The molecule has 0 spiro atoms. The quantitative estimate of drug-likeness (QED) is 0.255. The first kappa shape index (κ1) is 29.9. The van der Waals surface area contributed by atoms with Gasteiger partial charge in [0.1, 0.15) is 11.6 Å². The number of amidine groups is 1. The fourth-order valence-corrected chi connectivity index (χ4v) is 5.20. The Kier molecular flexibility index (Phi) is 9.44. The van der Waals surface area contributed by atoms with E-state index in [0.29, 0.717) is 23.9 Å². The fraction of sp³-hybridized carbons (Fsp3) is 0.533. The second kappa shape index (κ2) is 11.4. The number of nitrogens with zero attached hydrogens (tertiary/aromatic N) is 1. The topological polar surface area (TPSA) is 90.4 Å². The number of ketones is 1. The average Bonchev–Trinajstić information content (AvgIpc) is 3.03. The van der Waals surface area contributed by atoms with Gasteiger partial charge in [0.15, 0.2) is 5.78 Å². The molecule has 0 unspecified atom stereocenters. The van der Waals surface area contributed by atoms with E-state index in [9.17, 15) is 9.90 Å². The summed E-state index contributed by atoms with van der Waals surface area (Å²) in [6.07, 6.45) is 2.79. The molecule has 1 heterocycles. The van der Waals surface area contributed by atoms with Gasteiger partial charge in [0.25, 0.3) is 0 Å². The molecule has 36 heavy (non-hydrogen) atoms. The number of nitrogens with two attached hydrogens (primary N) is 1. The number of nitrogen functional groups attached to an aromatic ring is 1. The van der Waals surface area contributed by atoms with Crippen molar-refractivity contribution in [3.8, 4) is 5.75 Å². The Morgan fingerprint density at radius 3 is 2.14 bits per heavy atom. The van der Waals surface area contributed by atoms with Gasteiger partial charge in [-0.2, -0.15) is 0 Å². The summed E-state index contributed by atoms with van der Waals surface area (Å²) < 4.78 is 0. The lowest BCUT2D eigenvalue weighted by Gasteiger charge is -2.28. The molecule has 1 fully saturated rings.